The molecule has 0 spiro atoms. The molecule has 1 heterocycles. The van der Waals surface area contributed by atoms with Crippen molar-refractivity contribution >= 4 is 28.9 Å². The van der Waals surface area contributed by atoms with Crippen LogP contribution in [0.25, 0.3) is 0 Å². The maximum absolute atomic E-state index is 6.22. The number of benzene rings is 2. The molecule has 2 aliphatic rings. The van der Waals surface area contributed by atoms with E-state index in [-0.39, 0.29) is 6.79 Å². The minimum atomic E-state index is 0.284. The Labute approximate surface area is 189 Å². The molecule has 2 aromatic rings. The summed E-state index contributed by atoms with van der Waals surface area (Å²) in [5, 5.41) is 5.21. The highest BCUT2D eigenvalue weighted by Crippen LogP contribution is 2.33. The molecule has 0 unspecified atom stereocenters. The molecule has 6 heteroatoms. The van der Waals surface area contributed by atoms with Gasteiger partial charge in [0.1, 0.15) is 0 Å². The van der Waals surface area contributed by atoms with E-state index in [0.29, 0.717) is 19.1 Å². The van der Waals surface area contributed by atoms with Gasteiger partial charge in [0.05, 0.1) is 0 Å². The monoisotopic (exact) mass is 444 g/mol. The molecule has 1 saturated carbocycles. The van der Waals surface area contributed by atoms with E-state index in [1.54, 1.807) is 0 Å². The summed E-state index contributed by atoms with van der Waals surface area (Å²) in [5.74, 6) is 1.60. The molecule has 1 N–H and O–H groups in total. The first kappa shape index (κ1) is 21.3. The minimum Gasteiger partial charge on any atom is -0.454 e. The Balaban J connectivity index is 1.49. The number of halogens is 1. The predicted molar refractivity (Wildman–Crippen MR) is 125 cm³/mol. The first-order chi connectivity index (χ1) is 14.7. The van der Waals surface area contributed by atoms with Gasteiger partial charge in [0, 0.05) is 24.2 Å². The molecule has 160 valence electrons. The molecule has 1 aliphatic carbocycles. The van der Waals surface area contributed by atoms with Gasteiger partial charge in [-0.1, -0.05) is 61.9 Å². The van der Waals surface area contributed by atoms with Crippen LogP contribution >= 0.6 is 23.8 Å². The zero-order chi connectivity index (χ0) is 20.8. The molecular weight excluding hydrogens is 416 g/mol. The maximum Gasteiger partial charge on any atom is 0.231 e. The van der Waals surface area contributed by atoms with Gasteiger partial charge in [0.2, 0.25) is 6.79 Å². The van der Waals surface area contributed by atoms with Crippen LogP contribution in [0.4, 0.5) is 0 Å². The average molecular weight is 445 g/mol. The molecule has 1 aliphatic heterocycles. The van der Waals surface area contributed by atoms with Crippen LogP contribution in [0.5, 0.6) is 11.5 Å². The minimum absolute atomic E-state index is 0.284. The zero-order valence-corrected chi connectivity index (χ0v) is 18.8. The first-order valence-corrected chi connectivity index (χ1v) is 11.6. The second-order valence-corrected chi connectivity index (χ2v) is 8.99. The van der Waals surface area contributed by atoms with Crippen molar-refractivity contribution in [2.45, 2.75) is 64.1 Å². The molecule has 4 rings (SSSR count). The van der Waals surface area contributed by atoms with E-state index in [2.05, 4.69) is 22.3 Å². The molecule has 2 aromatic carbocycles. The Kier molecular flexibility index (Phi) is 7.34. The Hall–Kier alpha value is -1.98. The van der Waals surface area contributed by atoms with E-state index in [1.807, 2.05) is 30.3 Å². The lowest BCUT2D eigenvalue weighted by Crippen LogP contribution is -2.44. The lowest BCUT2D eigenvalue weighted by Gasteiger charge is -2.30. The smallest absolute Gasteiger partial charge is 0.231 e. The van der Waals surface area contributed by atoms with Crippen molar-refractivity contribution < 1.29 is 9.47 Å². The molecule has 30 heavy (non-hydrogen) atoms. The van der Waals surface area contributed by atoms with Crippen molar-refractivity contribution in [3.8, 4) is 11.5 Å². The molecule has 0 radical (unpaired) electrons. The fourth-order valence-corrected chi connectivity index (χ4v) is 4.69. The molecule has 1 fully saturated rings. The Bertz CT molecular complexity index is 868. The van der Waals surface area contributed by atoms with Crippen LogP contribution in [-0.4, -0.2) is 22.8 Å². The Morgan fingerprint density at radius 1 is 0.933 bits per heavy atom. The summed E-state index contributed by atoms with van der Waals surface area (Å²) in [6.07, 6.45) is 8.95. The third-order valence-corrected chi connectivity index (χ3v) is 6.40. The maximum atomic E-state index is 6.22. The Morgan fingerprint density at radius 3 is 2.40 bits per heavy atom. The van der Waals surface area contributed by atoms with Crippen molar-refractivity contribution in [2.24, 2.45) is 0 Å². The topological polar surface area (TPSA) is 33.7 Å². The van der Waals surface area contributed by atoms with Gasteiger partial charge in [0.15, 0.2) is 16.6 Å². The summed E-state index contributed by atoms with van der Waals surface area (Å²) in [6, 6.07) is 14.5. The summed E-state index contributed by atoms with van der Waals surface area (Å²) in [5.41, 5.74) is 2.29. The van der Waals surface area contributed by atoms with E-state index in [1.165, 1.54) is 44.9 Å². The van der Waals surface area contributed by atoms with Gasteiger partial charge in [-0.05, 0) is 60.5 Å². The van der Waals surface area contributed by atoms with Gasteiger partial charge in [-0.3, -0.25) is 0 Å². The third-order valence-electron chi connectivity index (χ3n) is 5.79. The van der Waals surface area contributed by atoms with E-state index in [0.717, 1.165) is 32.8 Å². The van der Waals surface area contributed by atoms with Gasteiger partial charge in [-0.25, -0.2) is 0 Å². The van der Waals surface area contributed by atoms with E-state index < -0.39 is 0 Å². The molecular formula is C24H29ClN2O2S. The number of hydrogen-bond acceptors (Lipinski definition) is 3. The largest absolute Gasteiger partial charge is 0.454 e. The number of fused-ring (bicyclic) bond motifs is 1. The number of rotatable bonds is 5. The molecule has 4 nitrogen and oxygen atoms in total. The molecule has 0 saturated heterocycles. The van der Waals surface area contributed by atoms with Gasteiger partial charge in [0.25, 0.3) is 0 Å². The van der Waals surface area contributed by atoms with Gasteiger partial charge < -0.3 is 19.7 Å². The van der Waals surface area contributed by atoms with Crippen LogP contribution in [0.15, 0.2) is 42.5 Å². The highest BCUT2D eigenvalue weighted by molar-refractivity contribution is 7.80. The standard InChI is InChI=1S/C24H29ClN2O2S/c25-20-8-6-7-18(13-20)15-27(16-19-11-12-22-23(14-19)29-17-28-22)24(30)26-21-9-4-2-1-3-5-10-21/h6-8,11-14,21H,1-5,9-10,15-17H2,(H,26,30). The summed E-state index contributed by atoms with van der Waals surface area (Å²) in [4.78, 5) is 2.22. The first-order valence-electron chi connectivity index (χ1n) is 10.9. The fraction of sp³-hybridized carbons (Fsp3) is 0.458. The summed E-state index contributed by atoms with van der Waals surface area (Å²) < 4.78 is 11.0. The van der Waals surface area contributed by atoms with Crippen LogP contribution in [0.3, 0.4) is 0 Å². The van der Waals surface area contributed by atoms with Crippen molar-refractivity contribution in [1.29, 1.82) is 0 Å². The summed E-state index contributed by atoms with van der Waals surface area (Å²) in [7, 11) is 0. The van der Waals surface area contributed by atoms with E-state index in [9.17, 15) is 0 Å². The van der Waals surface area contributed by atoms with Crippen LogP contribution in [-0.2, 0) is 13.1 Å². The zero-order valence-electron chi connectivity index (χ0n) is 17.2. The number of nitrogens with one attached hydrogen (secondary N) is 1. The average Bonchev–Trinajstić information content (AvgIpc) is 3.17. The van der Waals surface area contributed by atoms with E-state index >= 15 is 0 Å². The lowest BCUT2D eigenvalue weighted by molar-refractivity contribution is 0.174. The number of nitrogens with zero attached hydrogens (tertiary/aromatic N) is 1. The summed E-state index contributed by atoms with van der Waals surface area (Å²) in [6.45, 7) is 1.68. The quantitative estimate of drug-likeness (QED) is 0.567. The molecule has 0 aromatic heterocycles. The van der Waals surface area contributed by atoms with Crippen molar-refractivity contribution in [3.05, 3.63) is 58.6 Å². The highest BCUT2D eigenvalue weighted by atomic mass is 35.5. The molecule has 0 bridgehead atoms. The second kappa shape index (κ2) is 10.4. The number of thiocarbonyl (C=S) groups is 1. The van der Waals surface area contributed by atoms with E-state index in [4.69, 9.17) is 33.3 Å². The van der Waals surface area contributed by atoms with Gasteiger partial charge in [-0.15, -0.1) is 0 Å². The second-order valence-electron chi connectivity index (χ2n) is 8.17. The summed E-state index contributed by atoms with van der Waals surface area (Å²) >= 11 is 12.1. The van der Waals surface area contributed by atoms with Crippen molar-refractivity contribution in [1.82, 2.24) is 10.2 Å². The molecule has 0 amide bonds. The van der Waals surface area contributed by atoms with Crippen molar-refractivity contribution in [2.75, 3.05) is 6.79 Å². The number of hydrogen-bond donors (Lipinski definition) is 1. The van der Waals surface area contributed by atoms with Crippen LogP contribution in [0.2, 0.25) is 5.02 Å². The third kappa shape index (κ3) is 5.79. The van der Waals surface area contributed by atoms with Crippen LogP contribution < -0.4 is 14.8 Å². The van der Waals surface area contributed by atoms with Crippen LogP contribution in [0.1, 0.15) is 56.1 Å². The normalized spacial score (nSPS) is 16.6. The SMILES string of the molecule is S=C(NC1CCCCCCC1)N(Cc1cccc(Cl)c1)Cc1ccc2c(c1)OCO2. The van der Waals surface area contributed by atoms with Crippen LogP contribution in [0, 0.1) is 0 Å². The number of ether oxygens (including phenoxy) is 2. The fourth-order valence-electron chi connectivity index (χ4n) is 4.18. The van der Waals surface area contributed by atoms with Gasteiger partial charge >= 0.3 is 0 Å². The lowest BCUT2D eigenvalue weighted by atomic mass is 9.97. The molecule has 0 atom stereocenters. The van der Waals surface area contributed by atoms with Gasteiger partial charge in [-0.2, -0.15) is 0 Å². The predicted octanol–water partition coefficient (Wildman–Crippen LogP) is 6.06. The highest BCUT2D eigenvalue weighted by Gasteiger charge is 2.19. The Morgan fingerprint density at radius 2 is 1.63 bits per heavy atom. The van der Waals surface area contributed by atoms with Crippen molar-refractivity contribution in [3.63, 3.8) is 0 Å².